The highest BCUT2D eigenvalue weighted by atomic mass is 32.1. The van der Waals surface area contributed by atoms with E-state index in [1.807, 2.05) is 12.4 Å². The molecule has 0 aliphatic carbocycles. The Morgan fingerprint density at radius 3 is 2.68 bits per heavy atom. The molecule has 1 amide bonds. The number of rotatable bonds is 7. The number of nitrogens with one attached hydrogen (secondary N) is 2. The molecule has 0 unspecified atom stereocenters. The first kappa shape index (κ1) is 16.1. The van der Waals surface area contributed by atoms with Gasteiger partial charge in [0.2, 0.25) is 0 Å². The van der Waals surface area contributed by atoms with Crippen molar-refractivity contribution >= 4 is 22.4 Å². The van der Waals surface area contributed by atoms with Crippen molar-refractivity contribution in [2.45, 2.75) is 6.42 Å². The van der Waals surface area contributed by atoms with Crippen LogP contribution in [-0.2, 0) is 6.42 Å². The number of amides is 1. The quantitative estimate of drug-likeness (QED) is 0.818. The van der Waals surface area contributed by atoms with Crippen LogP contribution in [0.25, 0.3) is 0 Å². The molecule has 22 heavy (non-hydrogen) atoms. The molecule has 0 saturated heterocycles. The van der Waals surface area contributed by atoms with Gasteiger partial charge >= 0.3 is 0 Å². The van der Waals surface area contributed by atoms with Gasteiger partial charge in [-0.25, -0.2) is 4.98 Å². The van der Waals surface area contributed by atoms with Crippen LogP contribution in [0.15, 0.2) is 23.6 Å². The van der Waals surface area contributed by atoms with E-state index in [9.17, 15) is 4.79 Å². The number of thiazole rings is 1. The molecule has 2 aromatic rings. The minimum atomic E-state index is -0.148. The van der Waals surface area contributed by atoms with E-state index < -0.39 is 0 Å². The molecule has 0 radical (unpaired) electrons. The third-order valence-corrected chi connectivity index (χ3v) is 3.99. The van der Waals surface area contributed by atoms with Crippen molar-refractivity contribution in [2.75, 3.05) is 33.1 Å². The third kappa shape index (κ3) is 3.88. The number of anilines is 1. The summed E-state index contributed by atoms with van der Waals surface area (Å²) in [5.41, 5.74) is 1.49. The van der Waals surface area contributed by atoms with Gasteiger partial charge in [0.25, 0.3) is 5.91 Å². The molecule has 0 fully saturated rings. The second kappa shape index (κ2) is 7.65. The van der Waals surface area contributed by atoms with Gasteiger partial charge in [0.05, 0.1) is 19.9 Å². The molecule has 1 aromatic heterocycles. The van der Waals surface area contributed by atoms with E-state index in [1.54, 1.807) is 43.8 Å². The molecule has 0 atom stereocenters. The zero-order valence-electron chi connectivity index (χ0n) is 12.8. The molecule has 1 aromatic carbocycles. The van der Waals surface area contributed by atoms with Crippen molar-refractivity contribution in [1.29, 1.82) is 0 Å². The predicted molar refractivity (Wildman–Crippen MR) is 87.2 cm³/mol. The monoisotopic (exact) mass is 321 g/mol. The number of carbonyl (C=O) groups is 1. The Morgan fingerprint density at radius 1 is 1.27 bits per heavy atom. The summed E-state index contributed by atoms with van der Waals surface area (Å²) in [6, 6.07) is 5.09. The van der Waals surface area contributed by atoms with Crippen LogP contribution >= 0.6 is 11.3 Å². The Balaban J connectivity index is 1.91. The Labute approximate surface area is 133 Å². The van der Waals surface area contributed by atoms with E-state index in [2.05, 4.69) is 15.6 Å². The fourth-order valence-electron chi connectivity index (χ4n) is 1.92. The Morgan fingerprint density at radius 2 is 2.05 bits per heavy atom. The molecule has 7 heteroatoms. The van der Waals surface area contributed by atoms with Gasteiger partial charge in [-0.1, -0.05) is 0 Å². The van der Waals surface area contributed by atoms with Crippen molar-refractivity contribution < 1.29 is 14.3 Å². The second-order valence-electron chi connectivity index (χ2n) is 4.47. The van der Waals surface area contributed by atoms with E-state index in [-0.39, 0.29) is 5.91 Å². The Hall–Kier alpha value is -2.28. The summed E-state index contributed by atoms with van der Waals surface area (Å²) in [5, 5.41) is 8.72. The minimum absolute atomic E-state index is 0.148. The summed E-state index contributed by atoms with van der Waals surface area (Å²) in [6.07, 6.45) is 0.692. The van der Waals surface area contributed by atoms with Gasteiger partial charge in [0.1, 0.15) is 0 Å². The molecule has 0 aliphatic heterocycles. The van der Waals surface area contributed by atoms with Crippen molar-refractivity contribution in [3.8, 4) is 11.5 Å². The maximum Gasteiger partial charge on any atom is 0.251 e. The van der Waals surface area contributed by atoms with Crippen LogP contribution in [0.4, 0.5) is 5.13 Å². The number of nitrogens with zero attached hydrogens (tertiary/aromatic N) is 1. The fourth-order valence-corrected chi connectivity index (χ4v) is 2.63. The maximum atomic E-state index is 12.1. The number of carbonyl (C=O) groups excluding carboxylic acids is 1. The molecule has 118 valence electrons. The largest absolute Gasteiger partial charge is 0.493 e. The van der Waals surface area contributed by atoms with Gasteiger partial charge in [-0.05, 0) is 18.2 Å². The normalized spacial score (nSPS) is 10.1. The van der Waals surface area contributed by atoms with E-state index in [4.69, 9.17) is 9.47 Å². The molecule has 0 aliphatic rings. The van der Waals surface area contributed by atoms with E-state index in [0.717, 1.165) is 10.8 Å². The lowest BCUT2D eigenvalue weighted by atomic mass is 10.2. The molecule has 2 rings (SSSR count). The van der Waals surface area contributed by atoms with Crippen LogP contribution < -0.4 is 20.1 Å². The smallest absolute Gasteiger partial charge is 0.251 e. The molecule has 0 spiro atoms. The van der Waals surface area contributed by atoms with Gasteiger partial charge < -0.3 is 20.1 Å². The zero-order chi connectivity index (χ0) is 15.9. The highest BCUT2D eigenvalue weighted by molar-refractivity contribution is 7.13. The number of hydrogen-bond donors (Lipinski definition) is 2. The summed E-state index contributed by atoms with van der Waals surface area (Å²) in [5.74, 6) is 0.986. The summed E-state index contributed by atoms with van der Waals surface area (Å²) in [6.45, 7) is 0.528. The zero-order valence-corrected chi connectivity index (χ0v) is 13.6. The molecule has 2 N–H and O–H groups in total. The lowest BCUT2D eigenvalue weighted by Gasteiger charge is -2.09. The van der Waals surface area contributed by atoms with Crippen LogP contribution in [0.5, 0.6) is 11.5 Å². The average molecular weight is 321 g/mol. The number of aromatic nitrogens is 1. The lowest BCUT2D eigenvalue weighted by Crippen LogP contribution is -2.25. The second-order valence-corrected chi connectivity index (χ2v) is 5.33. The van der Waals surface area contributed by atoms with Crippen molar-refractivity contribution in [2.24, 2.45) is 0 Å². The number of benzene rings is 1. The van der Waals surface area contributed by atoms with E-state index in [0.29, 0.717) is 30.0 Å². The number of ether oxygens (including phenoxy) is 2. The third-order valence-electron chi connectivity index (χ3n) is 3.08. The van der Waals surface area contributed by atoms with Crippen molar-refractivity contribution in [1.82, 2.24) is 10.3 Å². The van der Waals surface area contributed by atoms with E-state index >= 15 is 0 Å². The average Bonchev–Trinajstić information content (AvgIpc) is 3.02. The van der Waals surface area contributed by atoms with Crippen molar-refractivity contribution in [3.63, 3.8) is 0 Å². The van der Waals surface area contributed by atoms with Crippen molar-refractivity contribution in [3.05, 3.63) is 34.8 Å². The molecular formula is C15H19N3O3S. The molecular weight excluding hydrogens is 302 g/mol. The van der Waals surface area contributed by atoms with Crippen LogP contribution in [0.1, 0.15) is 16.1 Å². The molecule has 1 heterocycles. The summed E-state index contributed by atoms with van der Waals surface area (Å²) in [4.78, 5) is 16.5. The first-order valence-corrected chi connectivity index (χ1v) is 7.68. The Bertz CT molecular complexity index is 643. The number of hydrogen-bond acceptors (Lipinski definition) is 6. The van der Waals surface area contributed by atoms with Crippen LogP contribution in [0.2, 0.25) is 0 Å². The first-order valence-electron chi connectivity index (χ1n) is 6.80. The molecule has 0 saturated carbocycles. The van der Waals surface area contributed by atoms with Crippen LogP contribution in [-0.4, -0.2) is 38.7 Å². The minimum Gasteiger partial charge on any atom is -0.493 e. The van der Waals surface area contributed by atoms with Gasteiger partial charge in [-0.2, -0.15) is 0 Å². The number of methoxy groups -OCH3 is 2. The summed E-state index contributed by atoms with van der Waals surface area (Å²) < 4.78 is 10.3. The topological polar surface area (TPSA) is 72.5 Å². The molecule has 0 bridgehead atoms. The van der Waals surface area contributed by atoms with Crippen LogP contribution in [0.3, 0.4) is 0 Å². The molecule has 6 nitrogen and oxygen atoms in total. The standard InChI is InChI=1S/C15H19N3O3S/c1-16-15-18-11(9-22-15)6-7-17-14(19)10-4-5-12(20-2)13(8-10)21-3/h4-5,8-9H,6-7H2,1-3H3,(H,16,18)(H,17,19). The highest BCUT2D eigenvalue weighted by Crippen LogP contribution is 2.27. The highest BCUT2D eigenvalue weighted by Gasteiger charge is 2.10. The summed E-state index contributed by atoms with van der Waals surface area (Å²) >= 11 is 1.55. The van der Waals surface area contributed by atoms with Gasteiger partial charge in [0, 0.05) is 31.0 Å². The Kier molecular flexibility index (Phi) is 5.60. The SMILES string of the molecule is CNc1nc(CCNC(=O)c2ccc(OC)c(OC)c2)cs1. The maximum absolute atomic E-state index is 12.1. The lowest BCUT2D eigenvalue weighted by molar-refractivity contribution is 0.0953. The first-order chi connectivity index (χ1) is 10.7. The fraction of sp³-hybridized carbons (Fsp3) is 0.333. The summed E-state index contributed by atoms with van der Waals surface area (Å²) in [7, 11) is 4.94. The van der Waals surface area contributed by atoms with Crippen LogP contribution in [0, 0.1) is 0 Å². The van der Waals surface area contributed by atoms with Gasteiger partial charge in [0.15, 0.2) is 16.6 Å². The van der Waals surface area contributed by atoms with Gasteiger partial charge in [-0.3, -0.25) is 4.79 Å². The van der Waals surface area contributed by atoms with Gasteiger partial charge in [-0.15, -0.1) is 11.3 Å². The van der Waals surface area contributed by atoms with E-state index in [1.165, 1.54) is 0 Å². The predicted octanol–water partition coefficient (Wildman–Crippen LogP) is 2.17.